The maximum atomic E-state index is 12.9. The highest BCUT2D eigenvalue weighted by atomic mass is 16.5. The smallest absolute Gasteiger partial charge is 0.273 e. The number of carbonyl (C=O) groups is 2. The molecular formula is C22H20N4O4. The van der Waals surface area contributed by atoms with Crippen LogP contribution in [-0.2, 0) is 0 Å². The van der Waals surface area contributed by atoms with Gasteiger partial charge in [-0.25, -0.2) is 4.98 Å². The number of nitrogens with one attached hydrogen (secondary N) is 2. The minimum Gasteiger partial charge on any atom is -0.466 e. The Morgan fingerprint density at radius 2 is 1.57 bits per heavy atom. The van der Waals surface area contributed by atoms with Crippen LogP contribution in [0, 0.1) is 27.7 Å². The Morgan fingerprint density at radius 1 is 0.900 bits per heavy atom. The summed E-state index contributed by atoms with van der Waals surface area (Å²) >= 11 is 0. The molecule has 0 saturated heterocycles. The van der Waals surface area contributed by atoms with Gasteiger partial charge in [0.1, 0.15) is 11.5 Å². The molecule has 0 saturated carbocycles. The number of carbonyl (C=O) groups excluding carboxylic acids is 2. The van der Waals surface area contributed by atoms with Crippen molar-refractivity contribution >= 4 is 22.9 Å². The molecule has 0 aliphatic rings. The van der Waals surface area contributed by atoms with E-state index in [0.717, 1.165) is 11.1 Å². The van der Waals surface area contributed by atoms with Crippen molar-refractivity contribution in [1.82, 2.24) is 21.0 Å². The van der Waals surface area contributed by atoms with Crippen LogP contribution in [0.5, 0.6) is 0 Å². The van der Waals surface area contributed by atoms with Crippen LogP contribution in [0.3, 0.4) is 0 Å². The molecule has 30 heavy (non-hydrogen) atoms. The van der Waals surface area contributed by atoms with Crippen molar-refractivity contribution in [2.75, 3.05) is 0 Å². The lowest BCUT2D eigenvalue weighted by Crippen LogP contribution is -2.41. The maximum absolute atomic E-state index is 12.9. The van der Waals surface area contributed by atoms with Crippen molar-refractivity contribution in [2.24, 2.45) is 0 Å². The van der Waals surface area contributed by atoms with Crippen molar-refractivity contribution in [1.29, 1.82) is 0 Å². The van der Waals surface area contributed by atoms with Crippen molar-refractivity contribution in [2.45, 2.75) is 27.7 Å². The first-order valence-corrected chi connectivity index (χ1v) is 9.35. The average molecular weight is 404 g/mol. The minimum absolute atomic E-state index is 0.253. The summed E-state index contributed by atoms with van der Waals surface area (Å²) < 4.78 is 10.7. The van der Waals surface area contributed by atoms with E-state index in [1.807, 2.05) is 31.2 Å². The highest BCUT2D eigenvalue weighted by Crippen LogP contribution is 2.27. The molecule has 0 aliphatic heterocycles. The summed E-state index contributed by atoms with van der Waals surface area (Å²) in [6, 6.07) is 11.0. The zero-order valence-electron chi connectivity index (χ0n) is 17.0. The molecule has 152 valence electrons. The van der Waals surface area contributed by atoms with E-state index in [0.29, 0.717) is 39.4 Å². The summed E-state index contributed by atoms with van der Waals surface area (Å²) in [5.41, 5.74) is 8.83. The fourth-order valence-electron chi connectivity index (χ4n) is 3.25. The molecule has 4 rings (SSSR count). The zero-order chi connectivity index (χ0) is 21.4. The summed E-state index contributed by atoms with van der Waals surface area (Å²) in [4.78, 5) is 29.8. The number of nitrogens with zero attached hydrogens (tertiary/aromatic N) is 2. The van der Waals surface area contributed by atoms with Gasteiger partial charge < -0.3 is 8.94 Å². The first-order chi connectivity index (χ1) is 14.3. The second-order valence-corrected chi connectivity index (χ2v) is 7.10. The quantitative estimate of drug-likeness (QED) is 0.503. The van der Waals surface area contributed by atoms with E-state index in [1.165, 1.54) is 0 Å². The number of aromatic nitrogens is 2. The molecule has 4 aromatic rings. The molecule has 0 aliphatic carbocycles. The third-order valence-electron chi connectivity index (χ3n) is 4.78. The van der Waals surface area contributed by atoms with Crippen LogP contribution >= 0.6 is 0 Å². The van der Waals surface area contributed by atoms with Crippen molar-refractivity contribution in [3.8, 4) is 11.3 Å². The molecule has 3 heterocycles. The number of hydrogen-bond acceptors (Lipinski definition) is 6. The van der Waals surface area contributed by atoms with E-state index >= 15 is 0 Å². The normalized spacial score (nSPS) is 10.9. The number of fused-ring (bicyclic) bond motifs is 1. The summed E-state index contributed by atoms with van der Waals surface area (Å²) in [5.74, 6) is 0.113. The van der Waals surface area contributed by atoms with E-state index in [2.05, 4.69) is 21.0 Å². The molecule has 0 fully saturated rings. The van der Waals surface area contributed by atoms with Gasteiger partial charge in [0.15, 0.2) is 0 Å². The van der Waals surface area contributed by atoms with Gasteiger partial charge in [-0.1, -0.05) is 35.0 Å². The topological polar surface area (TPSA) is 110 Å². The van der Waals surface area contributed by atoms with Gasteiger partial charge in [0.05, 0.1) is 27.9 Å². The fourth-order valence-corrected chi connectivity index (χ4v) is 3.25. The third-order valence-corrected chi connectivity index (χ3v) is 4.78. The van der Waals surface area contributed by atoms with Gasteiger partial charge in [-0.3, -0.25) is 20.4 Å². The number of rotatable bonds is 3. The van der Waals surface area contributed by atoms with Gasteiger partial charge in [0, 0.05) is 5.56 Å². The van der Waals surface area contributed by atoms with Gasteiger partial charge in [0.25, 0.3) is 17.5 Å². The molecule has 0 spiro atoms. The SMILES string of the molecule is Cc1ccc(-c2cc(C(=O)NNC(=O)c3cc(C)oc3C)c3c(C)noc3n2)cc1. The standard InChI is InChI=1S/C22H20N4O4/c1-11-5-7-15(8-6-11)18-10-17(19-13(3)26-30-22(19)23-18)21(28)25-24-20(27)16-9-12(2)29-14(16)4/h5-10H,1-4H3,(H,24,27)(H,25,28). The molecule has 2 N–H and O–H groups in total. The molecule has 0 atom stereocenters. The third kappa shape index (κ3) is 3.55. The van der Waals surface area contributed by atoms with Crippen LogP contribution in [0.15, 0.2) is 45.3 Å². The Balaban J connectivity index is 1.65. The molecule has 1 aromatic carbocycles. The largest absolute Gasteiger partial charge is 0.466 e. The second-order valence-electron chi connectivity index (χ2n) is 7.10. The maximum Gasteiger partial charge on any atom is 0.273 e. The predicted octanol–water partition coefficient (Wildman–Crippen LogP) is 3.79. The van der Waals surface area contributed by atoms with Crippen LogP contribution in [0.25, 0.3) is 22.4 Å². The molecule has 3 aromatic heterocycles. The second kappa shape index (κ2) is 7.47. The molecule has 2 amide bonds. The van der Waals surface area contributed by atoms with Crippen molar-refractivity contribution < 1.29 is 18.5 Å². The first kappa shape index (κ1) is 19.4. The number of hydrazine groups is 1. The minimum atomic E-state index is -0.506. The highest BCUT2D eigenvalue weighted by molar-refractivity contribution is 6.08. The molecule has 0 unspecified atom stereocenters. The molecule has 8 nitrogen and oxygen atoms in total. The van der Waals surface area contributed by atoms with Gasteiger partial charge in [0.2, 0.25) is 0 Å². The predicted molar refractivity (Wildman–Crippen MR) is 110 cm³/mol. The first-order valence-electron chi connectivity index (χ1n) is 9.35. The van der Waals surface area contributed by atoms with Crippen LogP contribution in [-0.4, -0.2) is 22.0 Å². The Morgan fingerprint density at radius 3 is 2.20 bits per heavy atom. The summed E-state index contributed by atoms with van der Waals surface area (Å²) in [7, 11) is 0. The molecule has 8 heteroatoms. The molecule has 0 bridgehead atoms. The number of benzene rings is 1. The van der Waals surface area contributed by atoms with Gasteiger partial charge in [-0.2, -0.15) is 0 Å². The van der Waals surface area contributed by atoms with E-state index < -0.39 is 11.8 Å². The van der Waals surface area contributed by atoms with E-state index in [4.69, 9.17) is 8.94 Å². The fraction of sp³-hybridized carbons (Fsp3) is 0.182. The Kier molecular flexibility index (Phi) is 4.83. The van der Waals surface area contributed by atoms with Gasteiger partial charge in [-0.05, 0) is 39.8 Å². The van der Waals surface area contributed by atoms with Crippen LogP contribution in [0.1, 0.15) is 43.5 Å². The van der Waals surface area contributed by atoms with E-state index in [-0.39, 0.29) is 5.71 Å². The number of aryl methyl sites for hydroxylation is 4. The number of pyridine rings is 1. The van der Waals surface area contributed by atoms with Crippen LogP contribution in [0.4, 0.5) is 0 Å². The molecule has 0 radical (unpaired) electrons. The van der Waals surface area contributed by atoms with E-state index in [9.17, 15) is 9.59 Å². The Labute approximate surface area is 172 Å². The lowest BCUT2D eigenvalue weighted by atomic mass is 10.0. The van der Waals surface area contributed by atoms with E-state index in [1.54, 1.807) is 32.9 Å². The average Bonchev–Trinajstić information content (AvgIpc) is 3.27. The Hall–Kier alpha value is -3.94. The lowest BCUT2D eigenvalue weighted by molar-refractivity contribution is 0.0846. The number of hydrogen-bond donors (Lipinski definition) is 2. The Bertz CT molecular complexity index is 1270. The van der Waals surface area contributed by atoms with Gasteiger partial charge >= 0.3 is 0 Å². The summed E-state index contributed by atoms with van der Waals surface area (Å²) in [6.45, 7) is 7.15. The molecular weight excluding hydrogens is 384 g/mol. The van der Waals surface area contributed by atoms with Gasteiger partial charge in [-0.15, -0.1) is 0 Å². The summed E-state index contributed by atoms with van der Waals surface area (Å²) in [5, 5.41) is 4.42. The highest BCUT2D eigenvalue weighted by Gasteiger charge is 2.21. The monoisotopic (exact) mass is 404 g/mol. The van der Waals surface area contributed by atoms with Crippen LogP contribution in [0.2, 0.25) is 0 Å². The lowest BCUT2D eigenvalue weighted by Gasteiger charge is -2.09. The van der Waals surface area contributed by atoms with Crippen molar-refractivity contribution in [3.63, 3.8) is 0 Å². The number of furan rings is 1. The zero-order valence-corrected chi connectivity index (χ0v) is 17.0. The number of amides is 2. The van der Waals surface area contributed by atoms with Crippen molar-refractivity contribution in [3.05, 3.63) is 70.3 Å². The summed E-state index contributed by atoms with van der Waals surface area (Å²) in [6.07, 6.45) is 0. The van der Waals surface area contributed by atoms with Crippen LogP contribution < -0.4 is 10.9 Å².